The van der Waals surface area contributed by atoms with Gasteiger partial charge in [0.25, 0.3) is 0 Å². The van der Waals surface area contributed by atoms with E-state index in [-0.39, 0.29) is 17.1 Å². The van der Waals surface area contributed by atoms with Crippen molar-refractivity contribution in [2.24, 2.45) is 0 Å². The molecule has 64 valence electrons. The van der Waals surface area contributed by atoms with Crippen molar-refractivity contribution in [1.29, 1.82) is 0 Å². The third-order valence-electron chi connectivity index (χ3n) is 1.18. The predicted octanol–water partition coefficient (Wildman–Crippen LogP) is 3.46. The summed E-state index contributed by atoms with van der Waals surface area (Å²) in [6, 6.07) is 17.5. The largest absolute Gasteiger partial charge is 2.00 e. The molecule has 12 heavy (non-hydrogen) atoms. The van der Waals surface area contributed by atoms with Crippen LogP contribution in [0.3, 0.4) is 0 Å². The molecule has 0 fully saturated rings. The first-order chi connectivity index (χ1) is 5.39. The van der Waals surface area contributed by atoms with Gasteiger partial charge in [0, 0.05) is 0 Å². The van der Waals surface area contributed by atoms with E-state index >= 15 is 0 Å². The molecule has 0 saturated carbocycles. The normalized spacial score (nSPS) is 7.75. The molecule has 0 N–H and O–H groups in total. The van der Waals surface area contributed by atoms with Crippen molar-refractivity contribution in [2.45, 2.75) is 0 Å². The molecule has 0 spiro atoms. The van der Waals surface area contributed by atoms with Crippen molar-refractivity contribution in [3.8, 4) is 0 Å². The maximum Gasteiger partial charge on any atom is 2.00 e. The topological polar surface area (TPSA) is 0 Å². The van der Waals surface area contributed by atoms with E-state index in [9.17, 15) is 0 Å². The molecule has 2 heteroatoms. The molecule has 0 heterocycles. The van der Waals surface area contributed by atoms with Crippen LogP contribution in [0.2, 0.25) is 5.02 Å². The first-order valence-electron chi connectivity index (χ1n) is 3.43. The summed E-state index contributed by atoms with van der Waals surface area (Å²) in [4.78, 5) is 0. The van der Waals surface area contributed by atoms with Crippen LogP contribution < -0.4 is 0 Å². The monoisotopic (exact) mass is 220 g/mol. The van der Waals surface area contributed by atoms with Gasteiger partial charge in [0.05, 0.1) is 0 Å². The first-order valence-corrected chi connectivity index (χ1v) is 3.81. The Hall–Kier alpha value is -0.491. The molecule has 2 rings (SSSR count). The molecule has 0 amide bonds. The van der Waals surface area contributed by atoms with Crippen molar-refractivity contribution >= 4 is 11.6 Å². The van der Waals surface area contributed by atoms with Crippen molar-refractivity contribution < 1.29 is 17.1 Å². The van der Waals surface area contributed by atoms with Gasteiger partial charge in [-0.3, -0.25) is 0 Å². The minimum absolute atomic E-state index is 0. The van der Waals surface area contributed by atoms with Crippen LogP contribution in [0.4, 0.5) is 0 Å². The van der Waals surface area contributed by atoms with E-state index in [1.54, 1.807) is 0 Å². The van der Waals surface area contributed by atoms with E-state index in [4.69, 9.17) is 11.6 Å². The van der Waals surface area contributed by atoms with Gasteiger partial charge < -0.3 is 0 Å². The molecule has 0 nitrogen and oxygen atoms in total. The Kier molecular flexibility index (Phi) is 6.88. The molecule has 0 saturated heterocycles. The summed E-state index contributed by atoms with van der Waals surface area (Å²) in [6.45, 7) is 0. The second kappa shape index (κ2) is 7.17. The molecular formula is C10H9ClFe. The molecular weight excluding hydrogens is 211 g/mol. The average Bonchev–Trinajstić information content (AvgIpc) is 2.57. The third kappa shape index (κ3) is 5.20. The van der Waals surface area contributed by atoms with Crippen LogP contribution in [0, 0.1) is 0 Å². The van der Waals surface area contributed by atoms with Crippen LogP contribution in [0.5, 0.6) is 0 Å². The molecule has 0 aliphatic carbocycles. The average molecular weight is 220 g/mol. The Morgan fingerprint density at radius 2 is 1.67 bits per heavy atom. The predicted molar refractivity (Wildman–Crippen MR) is 49.1 cm³/mol. The van der Waals surface area contributed by atoms with Gasteiger partial charge in [0.1, 0.15) is 0 Å². The summed E-state index contributed by atoms with van der Waals surface area (Å²) >= 11 is 5.46. The van der Waals surface area contributed by atoms with Crippen LogP contribution >= 0.6 is 11.6 Å². The number of hydrogen-bond acceptors (Lipinski definition) is 0. The van der Waals surface area contributed by atoms with Gasteiger partial charge in [-0.15, -0.1) is 11.6 Å². The first kappa shape index (κ1) is 11.5. The van der Waals surface area contributed by atoms with Gasteiger partial charge in [0.2, 0.25) is 0 Å². The van der Waals surface area contributed by atoms with Gasteiger partial charge in [-0.2, -0.15) is 36.4 Å². The van der Waals surface area contributed by atoms with Gasteiger partial charge in [-0.25, -0.2) is 18.2 Å². The second-order valence-corrected chi connectivity index (χ2v) is 2.50. The van der Waals surface area contributed by atoms with Crippen LogP contribution in [0.25, 0.3) is 0 Å². The molecule has 2 aromatic carbocycles. The van der Waals surface area contributed by atoms with Crippen LogP contribution in [-0.4, -0.2) is 0 Å². The summed E-state index contributed by atoms with van der Waals surface area (Å²) < 4.78 is 0. The maximum atomic E-state index is 5.46. The fourth-order valence-corrected chi connectivity index (χ4v) is 0.817. The van der Waals surface area contributed by atoms with E-state index in [0.29, 0.717) is 0 Å². The zero-order valence-corrected chi connectivity index (χ0v) is 8.29. The fraction of sp³-hybridized carbons (Fsp3) is 0. The minimum atomic E-state index is 0. The smallest absolute Gasteiger partial charge is 0.214 e. The van der Waals surface area contributed by atoms with Crippen LogP contribution in [-0.2, 0) is 17.1 Å². The van der Waals surface area contributed by atoms with E-state index in [1.165, 1.54) is 0 Å². The molecule has 0 aliphatic heterocycles. The van der Waals surface area contributed by atoms with E-state index in [2.05, 4.69) is 0 Å². The van der Waals surface area contributed by atoms with Crippen molar-refractivity contribution in [3.63, 3.8) is 0 Å². The van der Waals surface area contributed by atoms with Crippen LogP contribution in [0.15, 0.2) is 54.6 Å². The molecule has 0 bridgehead atoms. The standard InChI is InChI=1S/C5H4Cl.C5H5.Fe/c6-5-3-1-2-4-5;1-2-4-5-3-1;/h1-4H;1-5H;/q2*-1;+2. The van der Waals surface area contributed by atoms with E-state index in [0.717, 1.165) is 5.02 Å². The van der Waals surface area contributed by atoms with Crippen LogP contribution in [0.1, 0.15) is 0 Å². The number of rotatable bonds is 0. The Morgan fingerprint density at radius 3 is 1.83 bits per heavy atom. The van der Waals surface area contributed by atoms with E-state index < -0.39 is 0 Å². The third-order valence-corrected chi connectivity index (χ3v) is 1.43. The summed E-state index contributed by atoms with van der Waals surface area (Å²) in [5.74, 6) is 0. The maximum absolute atomic E-state index is 5.46. The van der Waals surface area contributed by atoms with Crippen molar-refractivity contribution in [3.05, 3.63) is 59.6 Å². The zero-order chi connectivity index (χ0) is 7.94. The molecule has 0 unspecified atom stereocenters. The summed E-state index contributed by atoms with van der Waals surface area (Å²) in [6.07, 6.45) is 0. The van der Waals surface area contributed by atoms with Gasteiger partial charge in [0.15, 0.2) is 0 Å². The zero-order valence-electron chi connectivity index (χ0n) is 6.43. The number of hydrogen-bond donors (Lipinski definition) is 0. The Labute approximate surface area is 88.4 Å². The molecule has 0 radical (unpaired) electrons. The molecule has 2 aromatic rings. The SMILES string of the molecule is Clc1ccc[cH-]1.[Fe+2].c1cc[cH-]c1. The quantitative estimate of drug-likeness (QED) is 0.471. The van der Waals surface area contributed by atoms with Gasteiger partial charge >= 0.3 is 17.1 Å². The Morgan fingerprint density at radius 1 is 1.00 bits per heavy atom. The molecule has 0 aromatic heterocycles. The van der Waals surface area contributed by atoms with Crippen molar-refractivity contribution in [2.75, 3.05) is 0 Å². The minimum Gasteiger partial charge on any atom is -0.214 e. The summed E-state index contributed by atoms with van der Waals surface area (Å²) in [7, 11) is 0. The Bertz CT molecular complexity index is 228. The van der Waals surface area contributed by atoms with Gasteiger partial charge in [-0.1, -0.05) is 5.02 Å². The molecule has 0 aliphatic rings. The van der Waals surface area contributed by atoms with Gasteiger partial charge in [-0.05, 0) is 0 Å². The summed E-state index contributed by atoms with van der Waals surface area (Å²) in [5, 5.41) is 0.815. The second-order valence-electron chi connectivity index (χ2n) is 2.07. The molecule has 0 atom stereocenters. The number of halogens is 1. The Balaban J connectivity index is 0.000000189. The summed E-state index contributed by atoms with van der Waals surface area (Å²) in [5.41, 5.74) is 0. The fourth-order valence-electron chi connectivity index (χ4n) is 0.671. The van der Waals surface area contributed by atoms with E-state index in [1.807, 2.05) is 54.6 Å². The van der Waals surface area contributed by atoms with Crippen molar-refractivity contribution in [1.82, 2.24) is 0 Å².